The van der Waals surface area contributed by atoms with Crippen molar-refractivity contribution >= 4 is 11.7 Å². The van der Waals surface area contributed by atoms with E-state index in [0.717, 1.165) is 44.8 Å². The molecule has 4 rings (SSSR count). The Morgan fingerprint density at radius 2 is 1.88 bits per heavy atom. The van der Waals surface area contributed by atoms with Crippen LogP contribution >= 0.6 is 0 Å². The summed E-state index contributed by atoms with van der Waals surface area (Å²) in [5.41, 5.74) is 0.742. The molecule has 130 valence electrons. The maximum absolute atomic E-state index is 12.6. The van der Waals surface area contributed by atoms with E-state index >= 15 is 0 Å². The third kappa shape index (κ3) is 3.34. The van der Waals surface area contributed by atoms with Crippen molar-refractivity contribution < 1.29 is 4.79 Å². The Kier molecular flexibility index (Phi) is 4.34. The zero-order chi connectivity index (χ0) is 17.1. The summed E-state index contributed by atoms with van der Waals surface area (Å²) in [7, 11) is 0. The van der Waals surface area contributed by atoms with Crippen LogP contribution in [-0.4, -0.2) is 51.9 Å². The third-order valence-corrected chi connectivity index (χ3v) is 5.53. The van der Waals surface area contributed by atoms with Gasteiger partial charge in [-0.3, -0.25) is 9.78 Å². The van der Waals surface area contributed by atoms with Gasteiger partial charge in [-0.25, -0.2) is 9.97 Å². The van der Waals surface area contributed by atoms with Crippen LogP contribution in [0.1, 0.15) is 36.2 Å². The fraction of sp³-hybridized carbons (Fsp3) is 0.474. The molecule has 6 nitrogen and oxygen atoms in total. The molecular weight excluding hydrogens is 314 g/mol. The summed E-state index contributed by atoms with van der Waals surface area (Å²) in [5, 5.41) is 0. The maximum atomic E-state index is 12.6. The highest BCUT2D eigenvalue weighted by Crippen LogP contribution is 2.40. The lowest BCUT2D eigenvalue weighted by Crippen LogP contribution is -2.51. The summed E-state index contributed by atoms with van der Waals surface area (Å²) in [6, 6.07) is 6.09. The summed E-state index contributed by atoms with van der Waals surface area (Å²) < 4.78 is 0. The number of carbonyl (C=O) groups excluding carboxylic acids is 1. The lowest BCUT2D eigenvalue weighted by molar-refractivity contribution is 0.0534. The molecule has 2 saturated heterocycles. The van der Waals surface area contributed by atoms with Gasteiger partial charge in [0.15, 0.2) is 0 Å². The molecule has 4 heterocycles. The van der Waals surface area contributed by atoms with E-state index in [1.165, 1.54) is 12.8 Å². The van der Waals surface area contributed by atoms with Gasteiger partial charge in [-0.2, -0.15) is 0 Å². The van der Waals surface area contributed by atoms with Crippen molar-refractivity contribution in [3.63, 3.8) is 0 Å². The standard InChI is InChI=1S/C19H23N5O/c25-18(16-14-20-9-10-21-16)23-12-6-19(7-13-23)5-3-11-24(15-19)17-4-1-2-8-22-17/h1-2,4,8-10,14H,3,5-7,11-13,15H2. The summed E-state index contributed by atoms with van der Waals surface area (Å²) in [6.45, 7) is 3.70. The Bertz CT molecular complexity index is 713. The normalized spacial score (nSPS) is 19.8. The van der Waals surface area contributed by atoms with Crippen LogP contribution < -0.4 is 4.90 Å². The van der Waals surface area contributed by atoms with Crippen molar-refractivity contribution in [2.45, 2.75) is 25.7 Å². The molecule has 6 heteroatoms. The van der Waals surface area contributed by atoms with E-state index in [0.29, 0.717) is 11.1 Å². The van der Waals surface area contributed by atoms with Crippen LogP contribution in [0.25, 0.3) is 0 Å². The predicted molar refractivity (Wildman–Crippen MR) is 95.3 cm³/mol. The van der Waals surface area contributed by atoms with Crippen molar-refractivity contribution in [1.29, 1.82) is 0 Å². The molecule has 0 aromatic carbocycles. The number of aromatic nitrogens is 3. The number of amides is 1. The van der Waals surface area contributed by atoms with Crippen LogP contribution in [0.2, 0.25) is 0 Å². The number of carbonyl (C=O) groups is 1. The number of hydrogen-bond acceptors (Lipinski definition) is 5. The first-order chi connectivity index (χ1) is 12.3. The topological polar surface area (TPSA) is 62.2 Å². The van der Waals surface area contributed by atoms with Gasteiger partial charge >= 0.3 is 0 Å². The van der Waals surface area contributed by atoms with E-state index in [2.05, 4.69) is 25.9 Å². The lowest BCUT2D eigenvalue weighted by atomic mass is 9.72. The van der Waals surface area contributed by atoms with Crippen molar-refractivity contribution in [2.75, 3.05) is 31.1 Å². The second-order valence-electron chi connectivity index (χ2n) is 7.10. The van der Waals surface area contributed by atoms with Crippen molar-refractivity contribution in [3.8, 4) is 0 Å². The average Bonchev–Trinajstić information content (AvgIpc) is 2.69. The summed E-state index contributed by atoms with van der Waals surface area (Å²) in [6.07, 6.45) is 11.1. The highest BCUT2D eigenvalue weighted by Gasteiger charge is 2.39. The minimum atomic E-state index is 0.000316. The average molecular weight is 337 g/mol. The van der Waals surface area contributed by atoms with Crippen molar-refractivity contribution in [1.82, 2.24) is 19.9 Å². The second-order valence-corrected chi connectivity index (χ2v) is 7.10. The van der Waals surface area contributed by atoms with Gasteiger partial charge in [-0.15, -0.1) is 0 Å². The molecule has 0 saturated carbocycles. The SMILES string of the molecule is O=C(c1cnccn1)N1CCC2(CCCN(c3ccccn3)C2)CC1. The number of hydrogen-bond donors (Lipinski definition) is 0. The molecule has 0 bridgehead atoms. The van der Waals surface area contributed by atoms with Crippen LogP contribution in [0.5, 0.6) is 0 Å². The number of anilines is 1. The van der Waals surface area contributed by atoms with Crippen LogP contribution in [0.15, 0.2) is 43.0 Å². The largest absolute Gasteiger partial charge is 0.356 e. The van der Waals surface area contributed by atoms with Crippen LogP contribution in [0, 0.1) is 5.41 Å². The fourth-order valence-electron chi connectivity index (χ4n) is 4.11. The van der Waals surface area contributed by atoms with E-state index < -0.39 is 0 Å². The zero-order valence-electron chi connectivity index (χ0n) is 14.3. The van der Waals surface area contributed by atoms with Gasteiger partial charge in [0.05, 0.1) is 6.20 Å². The van der Waals surface area contributed by atoms with E-state index in [-0.39, 0.29) is 5.91 Å². The van der Waals surface area contributed by atoms with Gasteiger partial charge in [0.1, 0.15) is 11.5 Å². The van der Waals surface area contributed by atoms with Gasteiger partial charge in [0.2, 0.25) is 0 Å². The smallest absolute Gasteiger partial charge is 0.274 e. The van der Waals surface area contributed by atoms with Gasteiger partial charge in [0, 0.05) is 44.8 Å². The molecule has 0 atom stereocenters. The predicted octanol–water partition coefficient (Wildman–Crippen LogP) is 2.39. The number of rotatable bonds is 2. The molecule has 2 aromatic rings. The molecule has 0 radical (unpaired) electrons. The summed E-state index contributed by atoms with van der Waals surface area (Å²) in [4.78, 5) is 29.5. The van der Waals surface area contributed by atoms with Crippen LogP contribution in [0.4, 0.5) is 5.82 Å². The highest BCUT2D eigenvalue weighted by molar-refractivity contribution is 5.92. The first kappa shape index (κ1) is 16.0. The molecule has 0 unspecified atom stereocenters. The Morgan fingerprint density at radius 3 is 2.60 bits per heavy atom. The Balaban J connectivity index is 1.41. The molecule has 1 amide bonds. The van der Waals surface area contributed by atoms with E-state index in [1.807, 2.05) is 23.2 Å². The fourth-order valence-corrected chi connectivity index (χ4v) is 4.11. The molecule has 25 heavy (non-hydrogen) atoms. The Hall–Kier alpha value is -2.50. The minimum Gasteiger partial charge on any atom is -0.356 e. The number of pyridine rings is 1. The monoisotopic (exact) mass is 337 g/mol. The van der Waals surface area contributed by atoms with E-state index in [1.54, 1.807) is 18.6 Å². The van der Waals surface area contributed by atoms with Crippen molar-refractivity contribution in [3.05, 3.63) is 48.7 Å². The summed E-state index contributed by atoms with van der Waals surface area (Å²) >= 11 is 0. The first-order valence-electron chi connectivity index (χ1n) is 8.97. The quantitative estimate of drug-likeness (QED) is 0.842. The summed E-state index contributed by atoms with van der Waals surface area (Å²) in [5.74, 6) is 1.07. The molecular formula is C19H23N5O. The minimum absolute atomic E-state index is 0.000316. The van der Waals surface area contributed by atoms with Gasteiger partial charge < -0.3 is 9.80 Å². The zero-order valence-corrected chi connectivity index (χ0v) is 14.3. The molecule has 2 fully saturated rings. The first-order valence-corrected chi connectivity index (χ1v) is 8.97. The number of nitrogens with zero attached hydrogens (tertiary/aromatic N) is 5. The highest BCUT2D eigenvalue weighted by atomic mass is 16.2. The Morgan fingerprint density at radius 1 is 1.00 bits per heavy atom. The van der Waals surface area contributed by atoms with Crippen LogP contribution in [-0.2, 0) is 0 Å². The number of piperidine rings is 2. The number of likely N-dealkylation sites (tertiary alicyclic amines) is 1. The molecule has 2 aliphatic rings. The second kappa shape index (κ2) is 6.78. The van der Waals surface area contributed by atoms with Gasteiger partial charge in [-0.1, -0.05) is 6.07 Å². The molecule has 0 aliphatic carbocycles. The molecule has 0 N–H and O–H groups in total. The third-order valence-electron chi connectivity index (χ3n) is 5.53. The van der Waals surface area contributed by atoms with Gasteiger partial charge in [-0.05, 0) is 43.2 Å². The molecule has 2 aliphatic heterocycles. The van der Waals surface area contributed by atoms with Gasteiger partial charge in [0.25, 0.3) is 5.91 Å². The molecule has 1 spiro atoms. The van der Waals surface area contributed by atoms with E-state index in [9.17, 15) is 4.79 Å². The Labute approximate surface area is 147 Å². The lowest BCUT2D eigenvalue weighted by Gasteiger charge is -2.48. The van der Waals surface area contributed by atoms with Crippen molar-refractivity contribution in [2.24, 2.45) is 5.41 Å². The maximum Gasteiger partial charge on any atom is 0.274 e. The van der Waals surface area contributed by atoms with Crippen LogP contribution in [0.3, 0.4) is 0 Å². The van der Waals surface area contributed by atoms with E-state index in [4.69, 9.17) is 0 Å². The molecule has 2 aromatic heterocycles.